The van der Waals surface area contributed by atoms with Gasteiger partial charge in [0.1, 0.15) is 6.17 Å². The Balaban J connectivity index is 2.08. The van der Waals surface area contributed by atoms with E-state index in [1.165, 1.54) is 0 Å². The Morgan fingerprint density at radius 1 is 1.75 bits per heavy atom. The van der Waals surface area contributed by atoms with Gasteiger partial charge in [-0.25, -0.2) is 4.39 Å². The van der Waals surface area contributed by atoms with Crippen LogP contribution in [0.25, 0.3) is 0 Å². The number of terminal acetylenes is 1. The zero-order chi connectivity index (χ0) is 8.81. The molecule has 12 heavy (non-hydrogen) atoms. The summed E-state index contributed by atoms with van der Waals surface area (Å²) in [6.45, 7) is 1.60. The van der Waals surface area contributed by atoms with Gasteiger partial charge in [-0.05, 0) is 6.42 Å². The molecule has 0 amide bonds. The molecule has 1 atom stereocenters. The van der Waals surface area contributed by atoms with E-state index in [9.17, 15) is 4.39 Å². The third-order valence-electron chi connectivity index (χ3n) is 1.80. The first-order chi connectivity index (χ1) is 5.83. The van der Waals surface area contributed by atoms with Gasteiger partial charge < -0.3 is 0 Å². The first-order valence-electron chi connectivity index (χ1n) is 4.18. The zero-order valence-electron chi connectivity index (χ0n) is 7.04. The first-order valence-corrected chi connectivity index (χ1v) is 4.18. The van der Waals surface area contributed by atoms with Crippen LogP contribution in [0, 0.1) is 12.3 Å². The van der Waals surface area contributed by atoms with Gasteiger partial charge in [-0.15, -0.1) is 12.3 Å². The Hall–Kier alpha value is -1.04. The Morgan fingerprint density at radius 3 is 3.17 bits per heavy atom. The minimum atomic E-state index is -0.870. The molecule has 1 rings (SSSR count). The predicted octanol–water partition coefficient (Wildman–Crippen LogP) is 1.43. The number of hydrogen-bond donors (Lipinski definition) is 0. The summed E-state index contributed by atoms with van der Waals surface area (Å²) in [7, 11) is 0. The van der Waals surface area contributed by atoms with Crippen LogP contribution in [0.1, 0.15) is 19.3 Å². The molecule has 1 aliphatic heterocycles. The highest BCUT2D eigenvalue weighted by Crippen LogP contribution is 2.06. The molecule has 0 aromatic carbocycles. The number of rotatable bonds is 4. The Bertz CT molecular complexity index is 195. The second-order valence-electron chi connectivity index (χ2n) is 2.83. The smallest absolute Gasteiger partial charge is 0.113 e. The van der Waals surface area contributed by atoms with Crippen LogP contribution in [0.2, 0.25) is 0 Å². The average molecular weight is 168 g/mol. The van der Waals surface area contributed by atoms with Crippen molar-refractivity contribution in [3.8, 4) is 12.3 Å². The molecule has 0 saturated heterocycles. The third-order valence-corrected chi connectivity index (χ3v) is 1.80. The molecule has 0 N–H and O–H groups in total. The van der Waals surface area contributed by atoms with Gasteiger partial charge >= 0.3 is 0 Å². The largest absolute Gasteiger partial charge is 0.297 e. The molecule has 0 aliphatic carbocycles. The van der Waals surface area contributed by atoms with Crippen molar-refractivity contribution in [1.82, 2.24) is 5.01 Å². The second kappa shape index (κ2) is 4.76. The molecular formula is C9H13FN2. The highest BCUT2D eigenvalue weighted by atomic mass is 19.1. The molecule has 0 radical (unpaired) electrons. The van der Waals surface area contributed by atoms with E-state index in [2.05, 4.69) is 11.0 Å². The Labute approximate surface area is 72.4 Å². The van der Waals surface area contributed by atoms with Crippen molar-refractivity contribution in [3.63, 3.8) is 0 Å². The number of nitrogens with zero attached hydrogens (tertiary/aromatic N) is 2. The van der Waals surface area contributed by atoms with Crippen LogP contribution < -0.4 is 0 Å². The highest BCUT2D eigenvalue weighted by Gasteiger charge is 2.09. The summed E-state index contributed by atoms with van der Waals surface area (Å²) in [4.78, 5) is 0. The van der Waals surface area contributed by atoms with Crippen molar-refractivity contribution in [2.45, 2.75) is 25.4 Å². The summed E-state index contributed by atoms with van der Waals surface area (Å²) in [5.41, 5.74) is 0. The summed E-state index contributed by atoms with van der Waals surface area (Å²) in [5, 5.41) is 5.94. The van der Waals surface area contributed by atoms with Crippen molar-refractivity contribution in [2.24, 2.45) is 5.10 Å². The van der Waals surface area contributed by atoms with Crippen molar-refractivity contribution in [2.75, 3.05) is 13.1 Å². The fourth-order valence-corrected chi connectivity index (χ4v) is 1.13. The normalized spacial score (nSPS) is 17.8. The standard InChI is InChI=1S/C9H13FN2/c1-2-4-9(10)5-8-12-7-3-6-11-12/h1,6,9H,3-5,7-8H2. The summed E-state index contributed by atoms with van der Waals surface area (Å²) in [6, 6.07) is 0. The molecule has 0 saturated carbocycles. The summed E-state index contributed by atoms with van der Waals surface area (Å²) < 4.78 is 12.8. The first kappa shape index (κ1) is 9.05. The van der Waals surface area contributed by atoms with Crippen molar-refractivity contribution >= 4 is 6.21 Å². The Morgan fingerprint density at radius 2 is 2.58 bits per heavy atom. The SMILES string of the molecule is C#CCC(F)CCN1CCC=N1. The van der Waals surface area contributed by atoms with Crippen LogP contribution in [-0.4, -0.2) is 30.5 Å². The monoisotopic (exact) mass is 168 g/mol. The molecule has 0 bridgehead atoms. The van der Waals surface area contributed by atoms with E-state index in [-0.39, 0.29) is 6.42 Å². The maximum atomic E-state index is 12.8. The van der Waals surface area contributed by atoms with Crippen LogP contribution in [-0.2, 0) is 0 Å². The molecule has 66 valence electrons. The van der Waals surface area contributed by atoms with Gasteiger partial charge in [0.05, 0.1) is 0 Å². The average Bonchev–Trinajstić information content (AvgIpc) is 2.53. The van der Waals surface area contributed by atoms with E-state index < -0.39 is 6.17 Å². The van der Waals surface area contributed by atoms with E-state index in [0.717, 1.165) is 13.0 Å². The van der Waals surface area contributed by atoms with Crippen LogP contribution in [0.4, 0.5) is 4.39 Å². The number of halogens is 1. The molecule has 0 aromatic rings. The van der Waals surface area contributed by atoms with Crippen LogP contribution in [0.5, 0.6) is 0 Å². The van der Waals surface area contributed by atoms with E-state index in [0.29, 0.717) is 13.0 Å². The van der Waals surface area contributed by atoms with Crippen LogP contribution in [0.3, 0.4) is 0 Å². The molecule has 0 spiro atoms. The van der Waals surface area contributed by atoms with E-state index >= 15 is 0 Å². The fourth-order valence-electron chi connectivity index (χ4n) is 1.13. The van der Waals surface area contributed by atoms with Gasteiger partial charge in [0.2, 0.25) is 0 Å². The molecule has 1 aliphatic rings. The van der Waals surface area contributed by atoms with Gasteiger partial charge in [0, 0.05) is 32.1 Å². The maximum Gasteiger partial charge on any atom is 0.113 e. The highest BCUT2D eigenvalue weighted by molar-refractivity contribution is 5.58. The quantitative estimate of drug-likeness (QED) is 0.580. The molecular weight excluding hydrogens is 155 g/mol. The van der Waals surface area contributed by atoms with Gasteiger partial charge in [-0.2, -0.15) is 5.10 Å². The molecule has 1 unspecified atom stereocenters. The van der Waals surface area contributed by atoms with E-state index in [1.807, 2.05) is 11.2 Å². The molecule has 2 nitrogen and oxygen atoms in total. The summed E-state index contributed by atoms with van der Waals surface area (Å²) in [6.07, 6.45) is 7.65. The number of alkyl halides is 1. The van der Waals surface area contributed by atoms with Crippen LogP contribution >= 0.6 is 0 Å². The zero-order valence-corrected chi connectivity index (χ0v) is 7.04. The van der Waals surface area contributed by atoms with Crippen LogP contribution in [0.15, 0.2) is 5.10 Å². The topological polar surface area (TPSA) is 15.6 Å². The Kier molecular flexibility index (Phi) is 3.59. The molecule has 0 aromatic heterocycles. The molecule has 0 fully saturated rings. The predicted molar refractivity (Wildman–Crippen MR) is 47.6 cm³/mol. The second-order valence-corrected chi connectivity index (χ2v) is 2.83. The molecule has 3 heteroatoms. The van der Waals surface area contributed by atoms with E-state index in [1.54, 1.807) is 0 Å². The van der Waals surface area contributed by atoms with Crippen molar-refractivity contribution in [1.29, 1.82) is 0 Å². The van der Waals surface area contributed by atoms with E-state index in [4.69, 9.17) is 6.42 Å². The lowest BCUT2D eigenvalue weighted by atomic mass is 10.2. The lowest BCUT2D eigenvalue weighted by Gasteiger charge is -2.13. The van der Waals surface area contributed by atoms with Gasteiger partial charge in [-0.3, -0.25) is 5.01 Å². The summed E-state index contributed by atoms with van der Waals surface area (Å²) >= 11 is 0. The van der Waals surface area contributed by atoms with Gasteiger partial charge in [0.25, 0.3) is 0 Å². The van der Waals surface area contributed by atoms with Crippen molar-refractivity contribution in [3.05, 3.63) is 0 Å². The number of hydrogen-bond acceptors (Lipinski definition) is 2. The van der Waals surface area contributed by atoms with Crippen molar-refractivity contribution < 1.29 is 4.39 Å². The lowest BCUT2D eigenvalue weighted by molar-refractivity contribution is 0.247. The minimum Gasteiger partial charge on any atom is -0.297 e. The maximum absolute atomic E-state index is 12.8. The minimum absolute atomic E-state index is 0.220. The fraction of sp³-hybridized carbons (Fsp3) is 0.667. The lowest BCUT2D eigenvalue weighted by Crippen LogP contribution is -2.18. The van der Waals surface area contributed by atoms with Gasteiger partial charge in [0.15, 0.2) is 0 Å². The third kappa shape index (κ3) is 2.91. The molecule has 1 heterocycles. The van der Waals surface area contributed by atoms with Gasteiger partial charge in [-0.1, -0.05) is 0 Å². The summed E-state index contributed by atoms with van der Waals surface area (Å²) in [5.74, 6) is 2.31. The number of hydrazone groups is 1.